The van der Waals surface area contributed by atoms with Crippen molar-refractivity contribution in [3.63, 3.8) is 0 Å². The Morgan fingerprint density at radius 2 is 1.95 bits per heavy atom. The number of nitrogens with zero attached hydrogens (tertiary/aromatic N) is 3. The molecule has 1 aliphatic rings. The lowest BCUT2D eigenvalue weighted by Crippen LogP contribution is -2.14. The van der Waals surface area contributed by atoms with Crippen LogP contribution in [-0.2, 0) is 30.0 Å². The minimum atomic E-state index is 0.385. The van der Waals surface area contributed by atoms with Crippen molar-refractivity contribution in [2.75, 3.05) is 13.7 Å². The van der Waals surface area contributed by atoms with E-state index in [1.165, 1.54) is 11.1 Å². The summed E-state index contributed by atoms with van der Waals surface area (Å²) in [6, 6.07) is 8.60. The molecular formula is C15H18ClN3O. The fourth-order valence-electron chi connectivity index (χ4n) is 2.92. The molecule has 2 aromatic rings. The Morgan fingerprint density at radius 1 is 1.25 bits per heavy atom. The van der Waals surface area contributed by atoms with Crippen molar-refractivity contribution in [2.45, 2.75) is 31.2 Å². The molecule has 5 heteroatoms. The van der Waals surface area contributed by atoms with Gasteiger partial charge in [0.15, 0.2) is 0 Å². The van der Waals surface area contributed by atoms with Crippen LogP contribution in [-0.4, -0.2) is 28.5 Å². The first-order valence-electron chi connectivity index (χ1n) is 6.87. The summed E-state index contributed by atoms with van der Waals surface area (Å²) in [4.78, 5) is 0. The number of rotatable bonds is 5. The molecular weight excluding hydrogens is 274 g/mol. The first-order chi connectivity index (χ1) is 9.83. The lowest BCUT2D eigenvalue weighted by atomic mass is 10.1. The second-order valence-corrected chi connectivity index (χ2v) is 5.39. The van der Waals surface area contributed by atoms with E-state index in [0.29, 0.717) is 18.4 Å². The summed E-state index contributed by atoms with van der Waals surface area (Å²) < 4.78 is 7.29. The summed E-state index contributed by atoms with van der Waals surface area (Å²) >= 11 is 5.96. The standard InChI is InChI=1S/C15H18ClN3O/c1-20-7-6-19-14(10-16)17-18-15(19)13-8-11-4-2-3-5-12(11)9-13/h2-5,13H,6-10H2,1H3. The number of methoxy groups -OCH3 is 1. The van der Waals surface area contributed by atoms with E-state index in [1.54, 1.807) is 7.11 Å². The molecule has 1 aromatic heterocycles. The molecule has 0 aliphatic heterocycles. The second kappa shape index (κ2) is 5.94. The maximum atomic E-state index is 5.96. The highest BCUT2D eigenvalue weighted by atomic mass is 35.5. The Hall–Kier alpha value is -1.39. The smallest absolute Gasteiger partial charge is 0.148 e. The molecule has 0 N–H and O–H groups in total. The summed E-state index contributed by atoms with van der Waals surface area (Å²) in [5.74, 6) is 2.65. The van der Waals surface area contributed by atoms with Gasteiger partial charge in [0, 0.05) is 19.6 Å². The van der Waals surface area contributed by atoms with Crippen molar-refractivity contribution in [3.05, 3.63) is 47.0 Å². The van der Waals surface area contributed by atoms with Crippen LogP contribution in [0.2, 0.25) is 0 Å². The lowest BCUT2D eigenvalue weighted by Gasteiger charge is -2.12. The van der Waals surface area contributed by atoms with E-state index in [1.807, 2.05) is 0 Å². The van der Waals surface area contributed by atoms with Gasteiger partial charge in [0.1, 0.15) is 11.6 Å². The third-order valence-electron chi connectivity index (χ3n) is 3.91. The average molecular weight is 292 g/mol. The zero-order valence-electron chi connectivity index (χ0n) is 11.6. The molecule has 1 aliphatic carbocycles. The Labute approximate surface area is 123 Å². The Balaban J connectivity index is 1.86. The molecule has 0 spiro atoms. The first-order valence-corrected chi connectivity index (χ1v) is 7.40. The Bertz CT molecular complexity index is 572. The van der Waals surface area contributed by atoms with E-state index in [2.05, 4.69) is 39.0 Å². The molecule has 4 nitrogen and oxygen atoms in total. The van der Waals surface area contributed by atoms with Crippen LogP contribution >= 0.6 is 11.6 Å². The maximum Gasteiger partial charge on any atom is 0.148 e. The molecule has 0 radical (unpaired) electrons. The predicted molar refractivity (Wildman–Crippen MR) is 78.0 cm³/mol. The van der Waals surface area contributed by atoms with Gasteiger partial charge in [0.25, 0.3) is 0 Å². The molecule has 0 fully saturated rings. The fourth-order valence-corrected chi connectivity index (χ4v) is 3.12. The van der Waals surface area contributed by atoms with E-state index in [-0.39, 0.29) is 0 Å². The number of benzene rings is 1. The van der Waals surface area contributed by atoms with Crippen LogP contribution < -0.4 is 0 Å². The second-order valence-electron chi connectivity index (χ2n) is 5.13. The molecule has 0 bridgehead atoms. The molecule has 106 valence electrons. The van der Waals surface area contributed by atoms with E-state index in [4.69, 9.17) is 16.3 Å². The number of aromatic nitrogens is 3. The van der Waals surface area contributed by atoms with Crippen LogP contribution in [0.5, 0.6) is 0 Å². The van der Waals surface area contributed by atoms with Crippen molar-refractivity contribution in [2.24, 2.45) is 0 Å². The topological polar surface area (TPSA) is 39.9 Å². The third kappa shape index (κ3) is 2.45. The minimum absolute atomic E-state index is 0.385. The summed E-state index contributed by atoms with van der Waals surface area (Å²) in [5.41, 5.74) is 2.84. The zero-order valence-corrected chi connectivity index (χ0v) is 12.3. The molecule has 0 amide bonds. The van der Waals surface area contributed by atoms with Crippen molar-refractivity contribution in [1.82, 2.24) is 14.8 Å². The number of hydrogen-bond donors (Lipinski definition) is 0. The molecule has 20 heavy (non-hydrogen) atoms. The quantitative estimate of drug-likeness (QED) is 0.795. The van der Waals surface area contributed by atoms with Crippen LogP contribution in [0, 0.1) is 0 Å². The minimum Gasteiger partial charge on any atom is -0.383 e. The van der Waals surface area contributed by atoms with Crippen LogP contribution in [0.25, 0.3) is 0 Å². The van der Waals surface area contributed by atoms with Crippen molar-refractivity contribution < 1.29 is 4.74 Å². The van der Waals surface area contributed by atoms with Gasteiger partial charge in [-0.1, -0.05) is 24.3 Å². The van der Waals surface area contributed by atoms with E-state index < -0.39 is 0 Å². The SMILES string of the molecule is COCCn1c(CCl)nnc1C1Cc2ccccc2C1. The van der Waals surface area contributed by atoms with Crippen LogP contribution in [0.1, 0.15) is 28.7 Å². The van der Waals surface area contributed by atoms with Gasteiger partial charge in [-0.2, -0.15) is 0 Å². The van der Waals surface area contributed by atoms with Crippen LogP contribution in [0.4, 0.5) is 0 Å². The van der Waals surface area contributed by atoms with Crippen molar-refractivity contribution in [3.8, 4) is 0 Å². The van der Waals surface area contributed by atoms with Crippen molar-refractivity contribution >= 4 is 11.6 Å². The number of fused-ring (bicyclic) bond motifs is 1. The first kappa shape index (κ1) is 13.6. The largest absolute Gasteiger partial charge is 0.383 e. The average Bonchev–Trinajstić information content (AvgIpc) is 3.07. The highest BCUT2D eigenvalue weighted by Gasteiger charge is 2.27. The molecule has 0 saturated carbocycles. The summed E-state index contributed by atoms with van der Waals surface area (Å²) in [5, 5.41) is 8.60. The Kier molecular flexibility index (Phi) is 4.03. The Morgan fingerprint density at radius 3 is 2.55 bits per heavy atom. The molecule has 1 aromatic carbocycles. The summed E-state index contributed by atoms with van der Waals surface area (Å²) in [6.45, 7) is 1.41. The van der Waals surface area contributed by atoms with Crippen LogP contribution in [0.3, 0.4) is 0 Å². The number of hydrogen-bond acceptors (Lipinski definition) is 3. The van der Waals surface area contributed by atoms with E-state index >= 15 is 0 Å². The van der Waals surface area contributed by atoms with Gasteiger partial charge in [0.05, 0.1) is 12.5 Å². The molecule has 3 rings (SSSR count). The van der Waals surface area contributed by atoms with Gasteiger partial charge in [-0.25, -0.2) is 0 Å². The van der Waals surface area contributed by atoms with Gasteiger partial charge in [0.2, 0.25) is 0 Å². The third-order valence-corrected chi connectivity index (χ3v) is 4.15. The number of halogens is 1. The molecule has 0 saturated heterocycles. The highest BCUT2D eigenvalue weighted by molar-refractivity contribution is 6.16. The van der Waals surface area contributed by atoms with Gasteiger partial charge in [-0.05, 0) is 24.0 Å². The highest BCUT2D eigenvalue weighted by Crippen LogP contribution is 2.33. The van der Waals surface area contributed by atoms with Crippen molar-refractivity contribution in [1.29, 1.82) is 0 Å². The van der Waals surface area contributed by atoms with Gasteiger partial charge in [-0.15, -0.1) is 21.8 Å². The monoisotopic (exact) mass is 291 g/mol. The van der Waals surface area contributed by atoms with Gasteiger partial charge >= 0.3 is 0 Å². The molecule has 0 unspecified atom stereocenters. The predicted octanol–water partition coefficient (Wildman–Crippen LogP) is 2.55. The zero-order chi connectivity index (χ0) is 13.9. The normalized spacial score (nSPS) is 14.7. The molecule has 1 heterocycles. The summed E-state index contributed by atoms with van der Waals surface area (Å²) in [7, 11) is 1.70. The maximum absolute atomic E-state index is 5.96. The lowest BCUT2D eigenvalue weighted by molar-refractivity contribution is 0.185. The number of ether oxygens (including phenoxy) is 1. The van der Waals surface area contributed by atoms with E-state index in [0.717, 1.165) is 31.0 Å². The fraction of sp³-hybridized carbons (Fsp3) is 0.467. The van der Waals surface area contributed by atoms with Gasteiger partial charge < -0.3 is 9.30 Å². The van der Waals surface area contributed by atoms with Crippen LogP contribution in [0.15, 0.2) is 24.3 Å². The molecule has 0 atom stereocenters. The summed E-state index contributed by atoms with van der Waals surface area (Å²) in [6.07, 6.45) is 2.06. The van der Waals surface area contributed by atoms with E-state index in [9.17, 15) is 0 Å². The van der Waals surface area contributed by atoms with Gasteiger partial charge in [-0.3, -0.25) is 0 Å². The number of alkyl halides is 1.